The number of likely N-dealkylation sites (tertiary alicyclic amines) is 1. The number of imide groups is 1. The number of rotatable bonds is 6. The van der Waals surface area contributed by atoms with Gasteiger partial charge in [0.15, 0.2) is 5.65 Å². The van der Waals surface area contributed by atoms with Crippen LogP contribution < -0.4 is 21.3 Å². The summed E-state index contributed by atoms with van der Waals surface area (Å²) in [6.07, 6.45) is 7.26. The molecule has 36 heavy (non-hydrogen) atoms. The standard InChI is InChI=1S/C24H26N8O3S/c1-31-8-6-15(7-9-31)27-23(34)19-5-4-18(36-19)16-11-20(26-14-2-3-14)32-21(28-16)13(12-25-32)10-17-22(33)30-24(35)29-17/h4-5,10-12,14-15,26H,2-3,6-9H2,1H3,(H,27,34)(H2,29,30,33,35)/b17-10-. The van der Waals surface area contributed by atoms with Crippen molar-refractivity contribution in [2.45, 2.75) is 37.8 Å². The zero-order valence-electron chi connectivity index (χ0n) is 19.7. The average Bonchev–Trinajstić information content (AvgIpc) is 3.24. The van der Waals surface area contributed by atoms with Crippen molar-refractivity contribution < 1.29 is 14.4 Å². The lowest BCUT2D eigenvalue weighted by Crippen LogP contribution is -2.43. The lowest BCUT2D eigenvalue weighted by Gasteiger charge is -2.29. The van der Waals surface area contributed by atoms with Crippen LogP contribution in [0, 0.1) is 0 Å². The summed E-state index contributed by atoms with van der Waals surface area (Å²) in [4.78, 5) is 45.0. The fourth-order valence-electron chi connectivity index (χ4n) is 4.39. The Bertz CT molecular complexity index is 1400. The number of anilines is 1. The molecule has 12 heteroatoms. The quantitative estimate of drug-likeness (QED) is 0.297. The van der Waals surface area contributed by atoms with E-state index in [2.05, 4.69) is 38.3 Å². The number of fused-ring (bicyclic) bond motifs is 1. The summed E-state index contributed by atoms with van der Waals surface area (Å²) in [7, 11) is 2.10. The molecule has 186 valence electrons. The molecule has 3 aromatic heterocycles. The first-order valence-corrected chi connectivity index (χ1v) is 12.8. The number of carbonyl (C=O) groups excluding carboxylic acids is 3. The maximum Gasteiger partial charge on any atom is 0.326 e. The number of nitrogens with one attached hydrogen (secondary N) is 4. The fraction of sp³-hybridized carbons (Fsp3) is 0.375. The van der Waals surface area contributed by atoms with E-state index in [1.54, 1.807) is 16.8 Å². The van der Waals surface area contributed by atoms with E-state index in [0.29, 0.717) is 27.8 Å². The minimum atomic E-state index is -0.558. The summed E-state index contributed by atoms with van der Waals surface area (Å²) >= 11 is 1.40. The van der Waals surface area contributed by atoms with E-state index in [-0.39, 0.29) is 17.6 Å². The van der Waals surface area contributed by atoms with Gasteiger partial charge in [0.05, 0.1) is 21.6 Å². The second-order valence-corrected chi connectivity index (χ2v) is 10.5. The highest BCUT2D eigenvalue weighted by Gasteiger charge is 2.26. The maximum atomic E-state index is 12.9. The molecule has 3 aromatic rings. The van der Waals surface area contributed by atoms with Gasteiger partial charge in [-0.2, -0.15) is 9.61 Å². The number of hydrogen-bond donors (Lipinski definition) is 4. The summed E-state index contributed by atoms with van der Waals surface area (Å²) in [5.74, 6) is 0.231. The van der Waals surface area contributed by atoms with E-state index in [9.17, 15) is 14.4 Å². The molecular weight excluding hydrogens is 480 g/mol. The smallest absolute Gasteiger partial charge is 0.326 e. The molecule has 0 radical (unpaired) electrons. The van der Waals surface area contributed by atoms with Gasteiger partial charge in [0, 0.05) is 23.7 Å². The first kappa shape index (κ1) is 22.7. The molecule has 2 aliphatic heterocycles. The van der Waals surface area contributed by atoms with Crippen LogP contribution in [-0.2, 0) is 4.79 Å². The van der Waals surface area contributed by atoms with E-state index in [4.69, 9.17) is 4.98 Å². The van der Waals surface area contributed by atoms with Crippen molar-refractivity contribution in [2.24, 2.45) is 0 Å². The van der Waals surface area contributed by atoms with Gasteiger partial charge in [0.1, 0.15) is 11.5 Å². The van der Waals surface area contributed by atoms with Crippen LogP contribution in [0.2, 0.25) is 0 Å². The van der Waals surface area contributed by atoms with Crippen molar-refractivity contribution in [3.8, 4) is 10.6 Å². The number of carbonyl (C=O) groups is 3. The van der Waals surface area contributed by atoms with E-state index >= 15 is 0 Å². The molecule has 5 heterocycles. The fourth-order valence-corrected chi connectivity index (χ4v) is 5.26. The van der Waals surface area contributed by atoms with Crippen LogP contribution in [0.1, 0.15) is 40.9 Å². The Balaban J connectivity index is 1.31. The number of thiophene rings is 1. The Labute approximate surface area is 211 Å². The highest BCUT2D eigenvalue weighted by atomic mass is 32.1. The monoisotopic (exact) mass is 506 g/mol. The van der Waals surface area contributed by atoms with Gasteiger partial charge in [0.2, 0.25) is 0 Å². The molecular formula is C24H26N8O3S. The topological polar surface area (TPSA) is 133 Å². The zero-order valence-corrected chi connectivity index (χ0v) is 20.5. The molecule has 0 spiro atoms. The van der Waals surface area contributed by atoms with Gasteiger partial charge in [-0.1, -0.05) is 0 Å². The molecule has 0 unspecified atom stereocenters. The van der Waals surface area contributed by atoms with Crippen molar-refractivity contribution in [1.29, 1.82) is 0 Å². The highest BCUT2D eigenvalue weighted by molar-refractivity contribution is 7.17. The lowest BCUT2D eigenvalue weighted by atomic mass is 10.1. The summed E-state index contributed by atoms with van der Waals surface area (Å²) in [6, 6.07) is 5.70. The number of hydrogen-bond acceptors (Lipinski definition) is 8. The molecule has 3 fully saturated rings. The molecule has 0 bridgehead atoms. The Morgan fingerprint density at radius 2 is 1.94 bits per heavy atom. The highest BCUT2D eigenvalue weighted by Crippen LogP contribution is 2.32. The Morgan fingerprint density at radius 3 is 2.67 bits per heavy atom. The van der Waals surface area contributed by atoms with Crippen molar-refractivity contribution in [3.63, 3.8) is 0 Å². The molecule has 2 saturated heterocycles. The molecule has 11 nitrogen and oxygen atoms in total. The second-order valence-electron chi connectivity index (χ2n) is 9.46. The third-order valence-electron chi connectivity index (χ3n) is 6.58. The number of amides is 4. The lowest BCUT2D eigenvalue weighted by molar-refractivity contribution is -0.115. The van der Waals surface area contributed by atoms with E-state index in [0.717, 1.165) is 49.5 Å². The van der Waals surface area contributed by atoms with Crippen LogP contribution in [0.25, 0.3) is 22.3 Å². The minimum Gasteiger partial charge on any atom is -0.367 e. The SMILES string of the molecule is CN1CCC(NC(=O)c2ccc(-c3cc(NC4CC4)n4ncc(/C=C5\NC(=O)NC5=O)c4n3)s2)CC1. The third kappa shape index (κ3) is 4.56. The van der Waals surface area contributed by atoms with Crippen LogP contribution in [0.4, 0.5) is 10.6 Å². The van der Waals surface area contributed by atoms with Crippen LogP contribution >= 0.6 is 11.3 Å². The molecule has 4 N–H and O–H groups in total. The number of aromatic nitrogens is 3. The van der Waals surface area contributed by atoms with Gasteiger partial charge in [-0.15, -0.1) is 11.3 Å². The first-order valence-electron chi connectivity index (χ1n) is 12.0. The molecule has 4 amide bonds. The normalized spacial score (nSPS) is 20.1. The predicted molar refractivity (Wildman–Crippen MR) is 136 cm³/mol. The van der Waals surface area contributed by atoms with E-state index in [1.165, 1.54) is 11.3 Å². The zero-order chi connectivity index (χ0) is 24.8. The van der Waals surface area contributed by atoms with Crippen LogP contribution in [0.5, 0.6) is 0 Å². The molecule has 6 rings (SSSR count). The molecule has 0 aromatic carbocycles. The Kier molecular flexibility index (Phi) is 5.69. The summed E-state index contributed by atoms with van der Waals surface area (Å²) < 4.78 is 1.70. The van der Waals surface area contributed by atoms with Crippen LogP contribution in [-0.4, -0.2) is 69.6 Å². The summed E-state index contributed by atoms with van der Waals surface area (Å²) in [5.41, 5.74) is 1.99. The van der Waals surface area contributed by atoms with Gasteiger partial charge >= 0.3 is 6.03 Å². The maximum absolute atomic E-state index is 12.9. The van der Waals surface area contributed by atoms with Gasteiger partial charge < -0.3 is 20.9 Å². The van der Waals surface area contributed by atoms with Crippen LogP contribution in [0.15, 0.2) is 30.1 Å². The van der Waals surface area contributed by atoms with Crippen LogP contribution in [0.3, 0.4) is 0 Å². The van der Waals surface area contributed by atoms with Gasteiger partial charge in [0.25, 0.3) is 11.8 Å². The molecule has 1 aliphatic carbocycles. The van der Waals surface area contributed by atoms with Crippen molar-refractivity contribution in [2.75, 3.05) is 25.5 Å². The van der Waals surface area contributed by atoms with Gasteiger partial charge in [-0.25, -0.2) is 9.78 Å². The Morgan fingerprint density at radius 1 is 1.14 bits per heavy atom. The Hall–Kier alpha value is -3.77. The first-order chi connectivity index (χ1) is 17.4. The summed E-state index contributed by atoms with van der Waals surface area (Å²) in [6.45, 7) is 1.97. The largest absolute Gasteiger partial charge is 0.367 e. The predicted octanol–water partition coefficient (Wildman–Crippen LogP) is 2.04. The molecule has 1 saturated carbocycles. The number of nitrogens with zero attached hydrogens (tertiary/aromatic N) is 4. The minimum absolute atomic E-state index is 0.0593. The van der Waals surface area contributed by atoms with Crippen molar-refractivity contribution >= 4 is 46.7 Å². The summed E-state index contributed by atoms with van der Waals surface area (Å²) in [5, 5.41) is 15.8. The molecule has 0 atom stereocenters. The van der Waals surface area contributed by atoms with Gasteiger partial charge in [-0.05, 0) is 64.0 Å². The molecule has 3 aliphatic rings. The third-order valence-corrected chi connectivity index (χ3v) is 7.69. The van der Waals surface area contributed by atoms with E-state index < -0.39 is 11.9 Å². The van der Waals surface area contributed by atoms with Crippen molar-refractivity contribution in [1.82, 2.24) is 35.4 Å². The number of urea groups is 1. The number of piperidine rings is 1. The van der Waals surface area contributed by atoms with E-state index in [1.807, 2.05) is 18.2 Å². The van der Waals surface area contributed by atoms with Gasteiger partial charge in [-0.3, -0.25) is 14.9 Å². The van der Waals surface area contributed by atoms with Crippen molar-refractivity contribution in [3.05, 3.63) is 40.5 Å². The second kappa shape index (κ2) is 9.03. The average molecular weight is 507 g/mol.